The Bertz CT molecular complexity index is 492. The highest BCUT2D eigenvalue weighted by Gasteiger charge is 2.18. The number of halogens is 1. The molecule has 19 heavy (non-hydrogen) atoms. The van der Waals surface area contributed by atoms with Crippen molar-refractivity contribution in [3.63, 3.8) is 0 Å². The van der Waals surface area contributed by atoms with Crippen molar-refractivity contribution in [1.29, 1.82) is 0 Å². The summed E-state index contributed by atoms with van der Waals surface area (Å²) in [6, 6.07) is 8.48. The summed E-state index contributed by atoms with van der Waals surface area (Å²) in [5.41, 5.74) is 1.45. The number of hydrogen-bond acceptors (Lipinski definition) is 2. The Balaban J connectivity index is 2.41. The van der Waals surface area contributed by atoms with Crippen molar-refractivity contribution in [1.82, 2.24) is 0 Å². The van der Waals surface area contributed by atoms with Crippen molar-refractivity contribution < 1.29 is 13.0 Å². The second kappa shape index (κ2) is 7.04. The summed E-state index contributed by atoms with van der Waals surface area (Å²) in [4.78, 5) is 0. The van der Waals surface area contributed by atoms with Crippen LogP contribution in [0.2, 0.25) is 0 Å². The molecule has 0 bridgehead atoms. The molecule has 0 atom stereocenters. The van der Waals surface area contributed by atoms with Gasteiger partial charge in [0.15, 0.2) is 0 Å². The third kappa shape index (κ3) is 7.89. The van der Waals surface area contributed by atoms with Gasteiger partial charge in [-0.15, -0.1) is 0 Å². The number of unbranched alkanes of at least 4 members (excludes halogenated alkanes) is 1. The molecule has 0 fully saturated rings. The van der Waals surface area contributed by atoms with E-state index in [1.165, 1.54) is 9.13 Å². The van der Waals surface area contributed by atoms with E-state index in [1.54, 1.807) is 0 Å². The smallest absolute Gasteiger partial charge is 0.264 e. The van der Waals surface area contributed by atoms with Gasteiger partial charge in [-0.1, -0.05) is 32.4 Å². The van der Waals surface area contributed by atoms with E-state index in [-0.39, 0.29) is 11.2 Å². The molecule has 0 spiro atoms. The first-order valence-corrected chi connectivity index (χ1v) is 9.06. The van der Waals surface area contributed by atoms with Crippen LogP contribution < -0.4 is 0 Å². The SMILES string of the molecule is CC(C)(CCCCS(=O)(=O)O)Cc1ccc(I)cc1. The zero-order valence-electron chi connectivity index (χ0n) is 11.4. The van der Waals surface area contributed by atoms with Crippen molar-refractivity contribution in [3.05, 3.63) is 33.4 Å². The first kappa shape index (κ1) is 16.9. The summed E-state index contributed by atoms with van der Waals surface area (Å²) in [5, 5.41) is 0. The molecule has 0 radical (unpaired) electrons. The lowest BCUT2D eigenvalue weighted by Crippen LogP contribution is -2.15. The summed E-state index contributed by atoms with van der Waals surface area (Å²) in [5.74, 6) is -0.132. The molecule has 1 aromatic carbocycles. The van der Waals surface area contributed by atoms with Crippen LogP contribution in [0.1, 0.15) is 38.7 Å². The van der Waals surface area contributed by atoms with Crippen molar-refractivity contribution in [2.45, 2.75) is 39.5 Å². The van der Waals surface area contributed by atoms with Gasteiger partial charge in [-0.05, 0) is 65.0 Å². The zero-order chi connectivity index (χ0) is 14.5. The summed E-state index contributed by atoms with van der Waals surface area (Å²) in [6.45, 7) is 4.39. The Morgan fingerprint density at radius 2 is 1.74 bits per heavy atom. The van der Waals surface area contributed by atoms with Gasteiger partial charge >= 0.3 is 0 Å². The van der Waals surface area contributed by atoms with E-state index in [0.717, 1.165) is 19.3 Å². The lowest BCUT2D eigenvalue weighted by Gasteiger charge is -2.24. The van der Waals surface area contributed by atoms with E-state index >= 15 is 0 Å². The Morgan fingerprint density at radius 1 is 1.16 bits per heavy atom. The van der Waals surface area contributed by atoms with Crippen molar-refractivity contribution >= 4 is 32.7 Å². The molecular formula is C14H21IO3S. The quantitative estimate of drug-likeness (QED) is 0.432. The molecule has 5 heteroatoms. The maximum Gasteiger partial charge on any atom is 0.264 e. The van der Waals surface area contributed by atoms with E-state index in [0.29, 0.717) is 6.42 Å². The molecule has 0 aliphatic rings. The average molecular weight is 396 g/mol. The monoisotopic (exact) mass is 396 g/mol. The van der Waals surface area contributed by atoms with Crippen molar-refractivity contribution in [2.24, 2.45) is 5.41 Å². The molecule has 0 heterocycles. The fourth-order valence-corrected chi connectivity index (χ4v) is 3.06. The average Bonchev–Trinajstić information content (AvgIpc) is 2.26. The van der Waals surface area contributed by atoms with Crippen LogP contribution in [0.25, 0.3) is 0 Å². The minimum Gasteiger partial charge on any atom is -0.286 e. The van der Waals surface area contributed by atoms with Gasteiger partial charge in [0.1, 0.15) is 0 Å². The highest BCUT2D eigenvalue weighted by atomic mass is 127. The van der Waals surface area contributed by atoms with Crippen molar-refractivity contribution in [3.8, 4) is 0 Å². The molecule has 0 saturated heterocycles. The fourth-order valence-electron chi connectivity index (χ4n) is 2.13. The van der Waals surface area contributed by atoms with Crippen LogP contribution in [0.3, 0.4) is 0 Å². The predicted octanol–water partition coefficient (Wildman–Crippen LogP) is 3.92. The van der Waals surface area contributed by atoms with E-state index in [4.69, 9.17) is 4.55 Å². The van der Waals surface area contributed by atoms with Gasteiger partial charge in [0.2, 0.25) is 0 Å². The zero-order valence-corrected chi connectivity index (χ0v) is 14.4. The lowest BCUT2D eigenvalue weighted by atomic mass is 9.81. The maximum atomic E-state index is 10.6. The highest BCUT2D eigenvalue weighted by Crippen LogP contribution is 2.28. The molecule has 0 amide bonds. The Hall–Kier alpha value is -0.140. The largest absolute Gasteiger partial charge is 0.286 e. The van der Waals surface area contributed by atoms with E-state index in [9.17, 15) is 8.42 Å². The summed E-state index contributed by atoms with van der Waals surface area (Å²) >= 11 is 2.29. The van der Waals surface area contributed by atoms with Gasteiger partial charge in [0, 0.05) is 3.57 Å². The number of rotatable bonds is 7. The van der Waals surface area contributed by atoms with Gasteiger partial charge in [-0.2, -0.15) is 8.42 Å². The van der Waals surface area contributed by atoms with Crippen LogP contribution in [0.4, 0.5) is 0 Å². The summed E-state index contributed by atoms with van der Waals surface area (Å²) < 4.78 is 31.2. The van der Waals surface area contributed by atoms with Gasteiger partial charge in [0.05, 0.1) is 5.75 Å². The highest BCUT2D eigenvalue weighted by molar-refractivity contribution is 14.1. The molecule has 108 valence electrons. The van der Waals surface area contributed by atoms with Crippen LogP contribution in [0, 0.1) is 8.99 Å². The maximum absolute atomic E-state index is 10.6. The van der Waals surface area contributed by atoms with Crippen molar-refractivity contribution in [2.75, 3.05) is 5.75 Å². The minimum absolute atomic E-state index is 0.132. The molecule has 0 aromatic heterocycles. The normalized spacial score (nSPS) is 12.6. The lowest BCUT2D eigenvalue weighted by molar-refractivity contribution is 0.321. The number of benzene rings is 1. The number of hydrogen-bond donors (Lipinski definition) is 1. The third-order valence-corrected chi connectivity index (χ3v) is 4.63. The predicted molar refractivity (Wildman–Crippen MR) is 86.9 cm³/mol. The molecular weight excluding hydrogens is 375 g/mol. The minimum atomic E-state index is -3.81. The second-order valence-electron chi connectivity index (χ2n) is 5.71. The van der Waals surface area contributed by atoms with E-state index in [1.807, 2.05) is 0 Å². The van der Waals surface area contributed by atoms with Gasteiger partial charge in [0.25, 0.3) is 10.1 Å². The standard InChI is InChI=1S/C14H21IO3S/c1-14(2,9-3-4-10-19(16,17)18)11-12-5-7-13(15)8-6-12/h5-8H,3-4,9-11H2,1-2H3,(H,16,17,18). The van der Waals surface area contributed by atoms with Gasteiger partial charge in [-0.25, -0.2) is 0 Å². The Labute approximate surface area is 129 Å². The van der Waals surface area contributed by atoms with Gasteiger partial charge in [-0.3, -0.25) is 4.55 Å². The molecule has 0 saturated carbocycles. The topological polar surface area (TPSA) is 54.4 Å². The van der Waals surface area contributed by atoms with E-state index < -0.39 is 10.1 Å². The van der Waals surface area contributed by atoms with Crippen LogP contribution in [0.15, 0.2) is 24.3 Å². The third-order valence-electron chi connectivity index (χ3n) is 3.10. The van der Waals surface area contributed by atoms with Crippen LogP contribution in [-0.4, -0.2) is 18.7 Å². The molecule has 3 nitrogen and oxygen atoms in total. The molecule has 0 aliphatic carbocycles. The second-order valence-corrected chi connectivity index (χ2v) is 8.53. The fraction of sp³-hybridized carbons (Fsp3) is 0.571. The van der Waals surface area contributed by atoms with Crippen LogP contribution in [0.5, 0.6) is 0 Å². The van der Waals surface area contributed by atoms with Crippen LogP contribution in [-0.2, 0) is 16.5 Å². The molecule has 0 aliphatic heterocycles. The Kier molecular flexibility index (Phi) is 6.26. The summed E-state index contributed by atoms with van der Waals surface area (Å²) in [7, 11) is -3.81. The molecule has 1 rings (SSSR count). The van der Waals surface area contributed by atoms with Gasteiger partial charge < -0.3 is 0 Å². The molecule has 1 aromatic rings. The summed E-state index contributed by atoms with van der Waals surface area (Å²) in [6.07, 6.45) is 3.27. The first-order valence-electron chi connectivity index (χ1n) is 6.38. The Morgan fingerprint density at radius 3 is 2.26 bits per heavy atom. The molecule has 0 unspecified atom stereocenters. The van der Waals surface area contributed by atoms with Crippen LogP contribution >= 0.6 is 22.6 Å². The van der Waals surface area contributed by atoms with E-state index in [2.05, 4.69) is 60.7 Å². The molecule has 1 N–H and O–H groups in total. The first-order chi connectivity index (χ1) is 8.68.